The Balaban J connectivity index is 1.59. The van der Waals surface area contributed by atoms with E-state index in [1.165, 1.54) is 0 Å². The smallest absolute Gasteiger partial charge is 0.326 e. The number of aromatic amines is 1. The molecule has 11 heteroatoms. The van der Waals surface area contributed by atoms with Gasteiger partial charge in [-0.05, 0) is 37.0 Å². The number of hydrogen-bond donors (Lipinski definition) is 5. The lowest BCUT2D eigenvalue weighted by molar-refractivity contribution is -0.140. The highest BCUT2D eigenvalue weighted by atomic mass is 16.4. The fourth-order valence-corrected chi connectivity index (χ4v) is 3.29. The summed E-state index contributed by atoms with van der Waals surface area (Å²) in [5.74, 6) is -2.88. The van der Waals surface area contributed by atoms with E-state index in [9.17, 15) is 19.2 Å². The highest BCUT2D eigenvalue weighted by Gasteiger charge is 2.24. The molecule has 0 saturated heterocycles. The number of benzene rings is 1. The van der Waals surface area contributed by atoms with Crippen LogP contribution in [0.3, 0.4) is 0 Å². The largest absolute Gasteiger partial charge is 0.481 e. The summed E-state index contributed by atoms with van der Waals surface area (Å²) in [4.78, 5) is 56.9. The number of nitrogens with two attached hydrogens (primary N) is 1. The molecular formula is C20H21N5O6. The number of aryl methyl sites for hydroxylation is 1. The number of nitrogens with one attached hydrogen (secondary N) is 2. The first-order valence-electron chi connectivity index (χ1n) is 9.53. The highest BCUT2D eigenvalue weighted by molar-refractivity contribution is 5.96. The average Bonchev–Trinajstić information content (AvgIpc) is 3.12. The number of carbonyl (C=O) groups excluding carboxylic acids is 1. The minimum absolute atomic E-state index is 0.0171. The number of aromatic nitrogens is 2. The van der Waals surface area contributed by atoms with E-state index >= 15 is 0 Å². The lowest BCUT2D eigenvalue weighted by atomic mass is 9.95. The van der Waals surface area contributed by atoms with Crippen LogP contribution in [0.15, 0.2) is 34.1 Å². The van der Waals surface area contributed by atoms with Gasteiger partial charge in [-0.2, -0.15) is 4.98 Å². The molecule has 0 fully saturated rings. The van der Waals surface area contributed by atoms with Crippen LogP contribution in [0.4, 0.5) is 11.8 Å². The van der Waals surface area contributed by atoms with Gasteiger partial charge in [0, 0.05) is 24.1 Å². The molecule has 31 heavy (non-hydrogen) atoms. The molecule has 2 heterocycles. The molecule has 1 aliphatic rings. The summed E-state index contributed by atoms with van der Waals surface area (Å²) in [6.45, 7) is 0. The van der Waals surface area contributed by atoms with Crippen molar-refractivity contribution in [2.45, 2.75) is 37.6 Å². The van der Waals surface area contributed by atoms with Crippen LogP contribution in [0.5, 0.6) is 0 Å². The number of fused-ring (bicyclic) bond motifs is 1. The monoisotopic (exact) mass is 427 g/mol. The minimum atomic E-state index is -1.30. The summed E-state index contributed by atoms with van der Waals surface area (Å²) in [7, 11) is 0. The lowest BCUT2D eigenvalue weighted by Gasteiger charge is -2.14. The quantitative estimate of drug-likeness (QED) is 0.389. The van der Waals surface area contributed by atoms with E-state index in [-0.39, 0.29) is 35.8 Å². The first-order valence-corrected chi connectivity index (χ1v) is 9.53. The van der Waals surface area contributed by atoms with Crippen molar-refractivity contribution >= 4 is 35.8 Å². The molecular weight excluding hydrogens is 406 g/mol. The van der Waals surface area contributed by atoms with Crippen LogP contribution in [-0.2, 0) is 16.0 Å². The Labute approximate surface area is 176 Å². The van der Waals surface area contributed by atoms with Crippen molar-refractivity contribution in [3.8, 4) is 0 Å². The molecule has 0 spiro atoms. The Morgan fingerprint density at radius 1 is 1.19 bits per heavy atom. The van der Waals surface area contributed by atoms with Crippen LogP contribution in [0.1, 0.15) is 46.7 Å². The summed E-state index contributed by atoms with van der Waals surface area (Å²) in [6, 6.07) is 5.31. The van der Waals surface area contributed by atoms with Gasteiger partial charge in [0.15, 0.2) is 5.82 Å². The Hall–Kier alpha value is -4.02. The third-order valence-electron chi connectivity index (χ3n) is 4.91. The van der Waals surface area contributed by atoms with Crippen molar-refractivity contribution in [1.29, 1.82) is 0 Å². The number of carbonyl (C=O) groups is 3. The number of carboxylic acids is 2. The van der Waals surface area contributed by atoms with Gasteiger partial charge in [-0.1, -0.05) is 12.1 Å². The number of anilines is 1. The molecule has 3 rings (SSSR count). The predicted octanol–water partition coefficient (Wildman–Crippen LogP) is 0.832. The van der Waals surface area contributed by atoms with E-state index < -0.39 is 23.9 Å². The second kappa shape index (κ2) is 9.20. The van der Waals surface area contributed by atoms with Crippen molar-refractivity contribution < 1.29 is 24.6 Å². The second-order valence-electron chi connectivity index (χ2n) is 7.11. The number of hydrogen-bond acceptors (Lipinski definition) is 7. The molecule has 0 aliphatic carbocycles. The molecule has 1 aromatic carbocycles. The summed E-state index contributed by atoms with van der Waals surface area (Å²) >= 11 is 0. The summed E-state index contributed by atoms with van der Waals surface area (Å²) in [5.41, 5.74) is 6.87. The van der Waals surface area contributed by atoms with E-state index in [1.54, 1.807) is 30.5 Å². The predicted molar refractivity (Wildman–Crippen MR) is 111 cm³/mol. The number of nitrogens with zero attached hydrogens (tertiary/aromatic N) is 2. The van der Waals surface area contributed by atoms with Crippen LogP contribution in [-0.4, -0.2) is 50.3 Å². The zero-order valence-electron chi connectivity index (χ0n) is 16.4. The van der Waals surface area contributed by atoms with Crippen molar-refractivity contribution in [2.24, 2.45) is 4.99 Å². The van der Waals surface area contributed by atoms with E-state index in [0.717, 1.165) is 5.56 Å². The van der Waals surface area contributed by atoms with E-state index in [4.69, 9.17) is 15.9 Å². The zero-order valence-corrected chi connectivity index (χ0v) is 16.4. The molecule has 1 amide bonds. The fourth-order valence-electron chi connectivity index (χ4n) is 3.29. The van der Waals surface area contributed by atoms with Crippen molar-refractivity contribution in [1.82, 2.24) is 15.3 Å². The van der Waals surface area contributed by atoms with Crippen LogP contribution >= 0.6 is 0 Å². The van der Waals surface area contributed by atoms with Crippen molar-refractivity contribution in [3.63, 3.8) is 0 Å². The average molecular weight is 427 g/mol. The highest BCUT2D eigenvalue weighted by Crippen LogP contribution is 2.30. The second-order valence-corrected chi connectivity index (χ2v) is 7.11. The van der Waals surface area contributed by atoms with Crippen LogP contribution in [0.25, 0.3) is 0 Å². The molecule has 2 atom stereocenters. The third kappa shape index (κ3) is 5.32. The number of amides is 1. The van der Waals surface area contributed by atoms with E-state index in [1.807, 2.05) is 0 Å². The van der Waals surface area contributed by atoms with E-state index in [2.05, 4.69) is 20.3 Å². The molecule has 0 saturated carbocycles. The third-order valence-corrected chi connectivity index (χ3v) is 4.91. The summed E-state index contributed by atoms with van der Waals surface area (Å²) < 4.78 is 0. The van der Waals surface area contributed by atoms with Gasteiger partial charge in [0.05, 0.1) is 5.56 Å². The number of aliphatic carboxylic acids is 2. The Kier molecular flexibility index (Phi) is 6.43. The maximum absolute atomic E-state index is 12.3. The Morgan fingerprint density at radius 3 is 2.55 bits per heavy atom. The van der Waals surface area contributed by atoms with Crippen molar-refractivity contribution in [3.05, 3.63) is 51.3 Å². The lowest BCUT2D eigenvalue weighted by Crippen LogP contribution is -2.41. The van der Waals surface area contributed by atoms with Gasteiger partial charge in [0.1, 0.15) is 6.04 Å². The SMILES string of the molecule is Nc1nc2c(c(=O)[nH]1)[C@H](CCc1ccc(C(=O)N[C@@H](CCC(=O)O)C(=O)O)cc1)C=N2. The maximum Gasteiger partial charge on any atom is 0.326 e. The number of carboxylic acid groups (broad SMARTS) is 2. The molecule has 6 N–H and O–H groups in total. The van der Waals surface area contributed by atoms with Crippen LogP contribution in [0, 0.1) is 0 Å². The van der Waals surface area contributed by atoms with Gasteiger partial charge in [-0.25, -0.2) is 9.79 Å². The Morgan fingerprint density at radius 2 is 1.90 bits per heavy atom. The van der Waals surface area contributed by atoms with Gasteiger partial charge in [-0.15, -0.1) is 0 Å². The topological polar surface area (TPSA) is 188 Å². The molecule has 162 valence electrons. The maximum atomic E-state index is 12.3. The molecule has 0 bridgehead atoms. The van der Waals surface area contributed by atoms with Gasteiger partial charge in [0.2, 0.25) is 5.95 Å². The number of nitrogen functional groups attached to an aromatic ring is 1. The number of rotatable bonds is 9. The minimum Gasteiger partial charge on any atom is -0.481 e. The van der Waals surface area contributed by atoms with E-state index in [0.29, 0.717) is 24.2 Å². The molecule has 2 aromatic rings. The standard InChI is InChI=1S/C20H21N5O6/c21-20-24-16-15(18(29)25-20)12(9-22-16)6-3-10-1-4-11(5-2-10)17(28)23-13(19(30)31)7-8-14(26)27/h1-2,4-5,9,12-13H,3,6-8H2,(H,23,28)(H,26,27)(H,30,31)(H3,21,24,25,29)/t12-,13+/m1/s1. The van der Waals surface area contributed by atoms with Gasteiger partial charge in [0.25, 0.3) is 11.5 Å². The fraction of sp³-hybridized carbons (Fsp3) is 0.300. The zero-order chi connectivity index (χ0) is 22.5. The molecule has 11 nitrogen and oxygen atoms in total. The first kappa shape index (κ1) is 21.7. The molecule has 1 aromatic heterocycles. The molecule has 1 aliphatic heterocycles. The normalized spacial score (nSPS) is 15.3. The van der Waals surface area contributed by atoms with Crippen molar-refractivity contribution in [2.75, 3.05) is 5.73 Å². The Bertz CT molecular complexity index is 1090. The summed E-state index contributed by atoms with van der Waals surface area (Å²) in [5, 5.41) is 20.2. The molecule has 0 unspecified atom stereocenters. The number of H-pyrrole nitrogens is 1. The van der Waals surface area contributed by atoms with Gasteiger partial charge < -0.3 is 21.3 Å². The first-order chi connectivity index (χ1) is 14.7. The number of aliphatic imine (C=N–C) groups is 1. The van der Waals surface area contributed by atoms with Gasteiger partial charge in [-0.3, -0.25) is 19.4 Å². The van der Waals surface area contributed by atoms with Gasteiger partial charge >= 0.3 is 11.9 Å². The van der Waals surface area contributed by atoms with Crippen LogP contribution in [0.2, 0.25) is 0 Å². The molecule has 0 radical (unpaired) electrons. The van der Waals surface area contributed by atoms with Crippen LogP contribution < -0.4 is 16.6 Å². The summed E-state index contributed by atoms with van der Waals surface area (Å²) in [6.07, 6.45) is 2.30.